The SMILES string of the molecule is C[C@H](NCCCn1ccnc1)c1cccnc1. The van der Waals surface area contributed by atoms with Gasteiger partial charge in [-0.1, -0.05) is 6.07 Å². The Labute approximate surface area is 102 Å². The number of imidazole rings is 1. The maximum Gasteiger partial charge on any atom is 0.0945 e. The van der Waals surface area contributed by atoms with Crippen LogP contribution in [-0.2, 0) is 6.54 Å². The van der Waals surface area contributed by atoms with Gasteiger partial charge in [0.2, 0.25) is 0 Å². The molecule has 0 saturated heterocycles. The van der Waals surface area contributed by atoms with Gasteiger partial charge in [0.05, 0.1) is 6.33 Å². The van der Waals surface area contributed by atoms with Gasteiger partial charge >= 0.3 is 0 Å². The number of rotatable bonds is 6. The standard InChI is InChI=1S/C13H18N4/c1-12(13-4-2-5-14-10-13)16-6-3-8-17-9-7-15-11-17/h2,4-5,7,9-12,16H,3,6,8H2,1H3/t12-/m0/s1. The summed E-state index contributed by atoms with van der Waals surface area (Å²) in [7, 11) is 0. The van der Waals surface area contributed by atoms with Crippen LogP contribution < -0.4 is 5.32 Å². The van der Waals surface area contributed by atoms with Crippen LogP contribution in [0.2, 0.25) is 0 Å². The van der Waals surface area contributed by atoms with Crippen LogP contribution >= 0.6 is 0 Å². The maximum absolute atomic E-state index is 4.12. The molecule has 2 aromatic rings. The Bertz CT molecular complexity index is 410. The van der Waals surface area contributed by atoms with Gasteiger partial charge in [0.25, 0.3) is 0 Å². The van der Waals surface area contributed by atoms with Gasteiger partial charge < -0.3 is 9.88 Å². The number of pyridine rings is 1. The normalized spacial score (nSPS) is 12.5. The third kappa shape index (κ3) is 3.67. The maximum atomic E-state index is 4.12. The summed E-state index contributed by atoms with van der Waals surface area (Å²) in [6.07, 6.45) is 10.5. The van der Waals surface area contributed by atoms with E-state index in [1.165, 1.54) is 5.56 Å². The summed E-state index contributed by atoms with van der Waals surface area (Å²) in [4.78, 5) is 8.14. The Morgan fingerprint density at radius 1 is 1.35 bits per heavy atom. The Kier molecular flexibility index (Phi) is 4.27. The fourth-order valence-electron chi connectivity index (χ4n) is 1.75. The van der Waals surface area contributed by atoms with Crippen LogP contribution in [0.3, 0.4) is 0 Å². The first-order valence-electron chi connectivity index (χ1n) is 5.95. The molecule has 0 bridgehead atoms. The highest BCUT2D eigenvalue weighted by atomic mass is 15.0. The first-order valence-corrected chi connectivity index (χ1v) is 5.95. The van der Waals surface area contributed by atoms with Crippen molar-refractivity contribution in [2.24, 2.45) is 0 Å². The van der Waals surface area contributed by atoms with Gasteiger partial charge in [0, 0.05) is 37.4 Å². The summed E-state index contributed by atoms with van der Waals surface area (Å²) < 4.78 is 2.09. The molecule has 0 aromatic carbocycles. The largest absolute Gasteiger partial charge is 0.337 e. The van der Waals surface area contributed by atoms with Crippen molar-refractivity contribution >= 4 is 0 Å². The number of aromatic nitrogens is 3. The molecule has 0 saturated carbocycles. The first-order chi connectivity index (χ1) is 8.36. The number of nitrogens with one attached hydrogen (secondary N) is 1. The molecule has 4 nitrogen and oxygen atoms in total. The Balaban J connectivity index is 1.68. The lowest BCUT2D eigenvalue weighted by atomic mass is 10.1. The first kappa shape index (κ1) is 11.8. The summed E-state index contributed by atoms with van der Waals surface area (Å²) in [6, 6.07) is 4.42. The van der Waals surface area contributed by atoms with Gasteiger partial charge in [0.1, 0.15) is 0 Å². The third-order valence-electron chi connectivity index (χ3n) is 2.79. The van der Waals surface area contributed by atoms with Crippen LogP contribution in [0.5, 0.6) is 0 Å². The smallest absolute Gasteiger partial charge is 0.0945 e. The molecule has 2 aromatic heterocycles. The summed E-state index contributed by atoms with van der Waals surface area (Å²) >= 11 is 0. The second-order valence-electron chi connectivity index (χ2n) is 4.12. The van der Waals surface area contributed by atoms with E-state index < -0.39 is 0 Å². The molecule has 0 fully saturated rings. The molecule has 2 heterocycles. The van der Waals surface area contributed by atoms with Gasteiger partial charge in [-0.25, -0.2) is 4.98 Å². The zero-order valence-corrected chi connectivity index (χ0v) is 10.1. The molecule has 4 heteroatoms. The van der Waals surface area contributed by atoms with E-state index >= 15 is 0 Å². The van der Waals surface area contributed by atoms with Gasteiger partial charge in [-0.05, 0) is 31.5 Å². The van der Waals surface area contributed by atoms with Crippen LogP contribution in [0.4, 0.5) is 0 Å². The molecule has 0 aliphatic rings. The Morgan fingerprint density at radius 3 is 3.00 bits per heavy atom. The molecule has 0 spiro atoms. The predicted molar refractivity (Wildman–Crippen MR) is 67.5 cm³/mol. The summed E-state index contributed by atoms with van der Waals surface area (Å²) in [5.41, 5.74) is 1.23. The van der Waals surface area contributed by atoms with E-state index in [0.29, 0.717) is 6.04 Å². The molecule has 90 valence electrons. The van der Waals surface area contributed by atoms with Gasteiger partial charge in [-0.15, -0.1) is 0 Å². The van der Waals surface area contributed by atoms with E-state index in [-0.39, 0.29) is 0 Å². The van der Waals surface area contributed by atoms with E-state index in [4.69, 9.17) is 0 Å². The predicted octanol–water partition coefficient (Wildman–Crippen LogP) is 2.02. The highest BCUT2D eigenvalue weighted by molar-refractivity contribution is 5.12. The van der Waals surface area contributed by atoms with Crippen LogP contribution in [0.1, 0.15) is 24.9 Å². The lowest BCUT2D eigenvalue weighted by Gasteiger charge is -2.13. The zero-order valence-electron chi connectivity index (χ0n) is 10.1. The highest BCUT2D eigenvalue weighted by Crippen LogP contribution is 2.09. The van der Waals surface area contributed by atoms with Crippen molar-refractivity contribution in [1.29, 1.82) is 0 Å². The van der Waals surface area contributed by atoms with E-state index in [9.17, 15) is 0 Å². The molecule has 0 radical (unpaired) electrons. The third-order valence-corrected chi connectivity index (χ3v) is 2.79. The van der Waals surface area contributed by atoms with Crippen molar-refractivity contribution in [2.45, 2.75) is 25.9 Å². The van der Waals surface area contributed by atoms with E-state index in [2.05, 4.69) is 32.8 Å². The van der Waals surface area contributed by atoms with E-state index in [1.807, 2.05) is 31.0 Å². The molecule has 0 amide bonds. The number of hydrogen-bond acceptors (Lipinski definition) is 3. The minimum absolute atomic E-state index is 0.353. The monoisotopic (exact) mass is 230 g/mol. The molecular formula is C13H18N4. The Morgan fingerprint density at radius 2 is 2.29 bits per heavy atom. The van der Waals surface area contributed by atoms with Crippen molar-refractivity contribution in [1.82, 2.24) is 19.9 Å². The lowest BCUT2D eigenvalue weighted by Crippen LogP contribution is -2.20. The average molecular weight is 230 g/mol. The molecular weight excluding hydrogens is 212 g/mol. The van der Waals surface area contributed by atoms with Crippen molar-refractivity contribution in [2.75, 3.05) is 6.54 Å². The topological polar surface area (TPSA) is 42.7 Å². The van der Waals surface area contributed by atoms with Gasteiger partial charge in [0.15, 0.2) is 0 Å². The van der Waals surface area contributed by atoms with Crippen LogP contribution in [-0.4, -0.2) is 21.1 Å². The van der Waals surface area contributed by atoms with Crippen LogP contribution in [0.15, 0.2) is 43.2 Å². The van der Waals surface area contributed by atoms with Crippen LogP contribution in [0.25, 0.3) is 0 Å². The quantitative estimate of drug-likeness (QED) is 0.772. The Hall–Kier alpha value is -1.68. The molecule has 2 rings (SSSR count). The summed E-state index contributed by atoms with van der Waals surface area (Å²) in [5.74, 6) is 0. The second kappa shape index (κ2) is 6.15. The second-order valence-corrected chi connectivity index (χ2v) is 4.12. The summed E-state index contributed by atoms with van der Waals surface area (Å²) in [6.45, 7) is 4.16. The van der Waals surface area contributed by atoms with Crippen molar-refractivity contribution in [3.05, 3.63) is 48.8 Å². The van der Waals surface area contributed by atoms with Crippen molar-refractivity contribution in [3.8, 4) is 0 Å². The average Bonchev–Trinajstić information content (AvgIpc) is 2.88. The fourth-order valence-corrected chi connectivity index (χ4v) is 1.75. The fraction of sp³-hybridized carbons (Fsp3) is 0.385. The lowest BCUT2D eigenvalue weighted by molar-refractivity contribution is 0.526. The highest BCUT2D eigenvalue weighted by Gasteiger charge is 2.03. The van der Waals surface area contributed by atoms with Gasteiger partial charge in [-0.2, -0.15) is 0 Å². The van der Waals surface area contributed by atoms with Gasteiger partial charge in [-0.3, -0.25) is 4.98 Å². The minimum atomic E-state index is 0.353. The van der Waals surface area contributed by atoms with Crippen molar-refractivity contribution in [3.63, 3.8) is 0 Å². The number of aryl methyl sites for hydroxylation is 1. The molecule has 1 N–H and O–H groups in total. The molecule has 17 heavy (non-hydrogen) atoms. The van der Waals surface area contributed by atoms with Crippen molar-refractivity contribution < 1.29 is 0 Å². The van der Waals surface area contributed by atoms with Crippen LogP contribution in [0, 0.1) is 0 Å². The molecule has 0 aliphatic carbocycles. The number of hydrogen-bond donors (Lipinski definition) is 1. The van der Waals surface area contributed by atoms with E-state index in [1.54, 1.807) is 6.20 Å². The molecule has 1 atom stereocenters. The van der Waals surface area contributed by atoms with E-state index in [0.717, 1.165) is 19.5 Å². The minimum Gasteiger partial charge on any atom is -0.337 e. The molecule has 0 unspecified atom stereocenters. The zero-order chi connectivity index (χ0) is 11.9. The molecule has 0 aliphatic heterocycles. The summed E-state index contributed by atoms with van der Waals surface area (Å²) in [5, 5.41) is 3.49. The number of nitrogens with zero attached hydrogens (tertiary/aromatic N) is 3.